The van der Waals surface area contributed by atoms with Gasteiger partial charge in [-0.25, -0.2) is 0 Å². The second kappa shape index (κ2) is 8.73. The molecule has 0 saturated carbocycles. The smallest absolute Gasteiger partial charge is 0.316 e. The van der Waals surface area contributed by atoms with Gasteiger partial charge >= 0.3 is 5.97 Å². The molecule has 0 bridgehead atoms. The van der Waals surface area contributed by atoms with Crippen LogP contribution in [-0.2, 0) is 27.4 Å². The number of ether oxygens (including phenoxy) is 1. The van der Waals surface area contributed by atoms with Gasteiger partial charge in [-0.3, -0.25) is 19.7 Å². The standard InChI is InChI=1S/C19H19NO5/c1-14(21)18(12-9-15-5-3-2-4-6-15)19(22)25-13-16-7-10-17(11-8-16)20(23)24/h2-8,10-11,18H,9,12-13H2,1H3. The zero-order valence-corrected chi connectivity index (χ0v) is 13.9. The SMILES string of the molecule is CC(=O)C(CCc1ccccc1)C(=O)OCc1ccc([N+](=O)[O-])cc1. The Labute approximate surface area is 145 Å². The summed E-state index contributed by atoms with van der Waals surface area (Å²) >= 11 is 0. The molecule has 1 atom stereocenters. The first-order valence-corrected chi connectivity index (χ1v) is 7.91. The molecule has 0 spiro atoms. The minimum Gasteiger partial charge on any atom is -0.460 e. The summed E-state index contributed by atoms with van der Waals surface area (Å²) in [4.78, 5) is 34.1. The van der Waals surface area contributed by atoms with Crippen LogP contribution in [0.5, 0.6) is 0 Å². The van der Waals surface area contributed by atoms with Crippen LogP contribution in [0.25, 0.3) is 0 Å². The molecule has 0 amide bonds. The number of nitrogens with zero attached hydrogens (tertiary/aromatic N) is 1. The molecule has 0 N–H and O–H groups in total. The zero-order valence-electron chi connectivity index (χ0n) is 13.9. The van der Waals surface area contributed by atoms with E-state index in [1.807, 2.05) is 30.3 Å². The van der Waals surface area contributed by atoms with E-state index in [1.54, 1.807) is 0 Å². The van der Waals surface area contributed by atoms with Crippen molar-refractivity contribution in [2.45, 2.75) is 26.4 Å². The molecule has 0 aliphatic heterocycles. The Morgan fingerprint density at radius 2 is 1.68 bits per heavy atom. The third-order valence-corrected chi connectivity index (χ3v) is 3.87. The maximum atomic E-state index is 12.2. The Bertz CT molecular complexity index is 740. The van der Waals surface area contributed by atoms with E-state index in [0.29, 0.717) is 18.4 Å². The zero-order chi connectivity index (χ0) is 18.2. The van der Waals surface area contributed by atoms with E-state index in [1.165, 1.54) is 31.2 Å². The number of Topliss-reactive ketones (excluding diaryl/α,β-unsaturated/α-hetero) is 1. The van der Waals surface area contributed by atoms with Crippen LogP contribution in [0, 0.1) is 16.0 Å². The van der Waals surface area contributed by atoms with E-state index >= 15 is 0 Å². The van der Waals surface area contributed by atoms with E-state index in [-0.39, 0.29) is 18.1 Å². The fourth-order valence-corrected chi connectivity index (χ4v) is 2.41. The summed E-state index contributed by atoms with van der Waals surface area (Å²) in [7, 11) is 0. The maximum absolute atomic E-state index is 12.2. The Hall–Kier alpha value is -3.02. The highest BCUT2D eigenvalue weighted by atomic mass is 16.6. The summed E-state index contributed by atoms with van der Waals surface area (Å²) in [5.74, 6) is -1.61. The Morgan fingerprint density at radius 1 is 1.04 bits per heavy atom. The molecule has 2 rings (SSSR count). The lowest BCUT2D eigenvalue weighted by Gasteiger charge is -2.13. The molecule has 25 heavy (non-hydrogen) atoms. The molecule has 0 aliphatic carbocycles. The van der Waals surface area contributed by atoms with Gasteiger partial charge in [0.2, 0.25) is 0 Å². The molecule has 0 fully saturated rings. The van der Waals surface area contributed by atoms with Crippen LogP contribution in [0.2, 0.25) is 0 Å². The number of hydrogen-bond acceptors (Lipinski definition) is 5. The Kier molecular flexibility index (Phi) is 6.39. The molecular weight excluding hydrogens is 322 g/mol. The van der Waals surface area contributed by atoms with Gasteiger partial charge in [-0.15, -0.1) is 0 Å². The number of esters is 1. The monoisotopic (exact) mass is 341 g/mol. The van der Waals surface area contributed by atoms with Crippen molar-refractivity contribution in [3.63, 3.8) is 0 Å². The molecule has 0 saturated heterocycles. The number of benzene rings is 2. The number of nitro benzene ring substituents is 1. The molecule has 0 radical (unpaired) electrons. The van der Waals surface area contributed by atoms with Crippen LogP contribution in [-0.4, -0.2) is 16.7 Å². The van der Waals surface area contributed by atoms with Crippen LogP contribution < -0.4 is 0 Å². The first-order chi connectivity index (χ1) is 12.0. The molecule has 6 heteroatoms. The summed E-state index contributed by atoms with van der Waals surface area (Å²) in [6, 6.07) is 15.4. The van der Waals surface area contributed by atoms with Gasteiger partial charge in [-0.05, 0) is 43.0 Å². The predicted octanol–water partition coefficient (Wildman–Crippen LogP) is 3.48. The second-order valence-corrected chi connectivity index (χ2v) is 5.72. The van der Waals surface area contributed by atoms with E-state index in [0.717, 1.165) is 5.56 Å². The molecule has 0 aliphatic rings. The van der Waals surface area contributed by atoms with Crippen molar-refractivity contribution in [3.05, 3.63) is 75.8 Å². The van der Waals surface area contributed by atoms with Gasteiger partial charge in [-0.2, -0.15) is 0 Å². The molecule has 2 aromatic rings. The largest absolute Gasteiger partial charge is 0.460 e. The molecule has 130 valence electrons. The third-order valence-electron chi connectivity index (χ3n) is 3.87. The summed E-state index contributed by atoms with van der Waals surface area (Å²) in [5, 5.41) is 10.6. The highest BCUT2D eigenvalue weighted by Crippen LogP contribution is 2.16. The van der Waals surface area contributed by atoms with Crippen LogP contribution in [0.3, 0.4) is 0 Å². The minimum absolute atomic E-state index is 0.0219. The average molecular weight is 341 g/mol. The number of aryl methyl sites for hydroxylation is 1. The van der Waals surface area contributed by atoms with Gasteiger partial charge in [0.25, 0.3) is 5.69 Å². The van der Waals surface area contributed by atoms with Crippen LogP contribution >= 0.6 is 0 Å². The molecular formula is C19H19NO5. The summed E-state index contributed by atoms with van der Waals surface area (Å²) in [6.45, 7) is 1.36. The van der Waals surface area contributed by atoms with Crippen molar-refractivity contribution in [2.75, 3.05) is 0 Å². The second-order valence-electron chi connectivity index (χ2n) is 5.72. The highest BCUT2D eigenvalue weighted by molar-refractivity contribution is 5.97. The van der Waals surface area contributed by atoms with Crippen molar-refractivity contribution < 1.29 is 19.2 Å². The summed E-state index contributed by atoms with van der Waals surface area (Å²) in [5.41, 5.74) is 1.65. The molecule has 6 nitrogen and oxygen atoms in total. The van der Waals surface area contributed by atoms with Crippen molar-refractivity contribution in [3.8, 4) is 0 Å². The predicted molar refractivity (Wildman–Crippen MR) is 91.8 cm³/mol. The lowest BCUT2D eigenvalue weighted by atomic mass is 9.96. The van der Waals surface area contributed by atoms with Crippen molar-refractivity contribution in [1.29, 1.82) is 0 Å². The van der Waals surface area contributed by atoms with Gasteiger partial charge < -0.3 is 4.74 Å². The van der Waals surface area contributed by atoms with Crippen molar-refractivity contribution in [1.82, 2.24) is 0 Å². The van der Waals surface area contributed by atoms with Crippen molar-refractivity contribution >= 4 is 17.4 Å². The average Bonchev–Trinajstić information content (AvgIpc) is 2.61. The minimum atomic E-state index is -0.807. The van der Waals surface area contributed by atoms with Crippen LogP contribution in [0.4, 0.5) is 5.69 Å². The third kappa shape index (κ3) is 5.53. The lowest BCUT2D eigenvalue weighted by Crippen LogP contribution is -2.25. The van der Waals surface area contributed by atoms with Gasteiger partial charge in [0, 0.05) is 12.1 Å². The first kappa shape index (κ1) is 18.3. The highest BCUT2D eigenvalue weighted by Gasteiger charge is 2.24. The number of carbonyl (C=O) groups excluding carboxylic acids is 2. The van der Waals surface area contributed by atoms with Crippen LogP contribution in [0.1, 0.15) is 24.5 Å². The fourth-order valence-electron chi connectivity index (χ4n) is 2.41. The van der Waals surface area contributed by atoms with Crippen LogP contribution in [0.15, 0.2) is 54.6 Å². The fraction of sp³-hybridized carbons (Fsp3) is 0.263. The van der Waals surface area contributed by atoms with Crippen molar-refractivity contribution in [2.24, 2.45) is 5.92 Å². The van der Waals surface area contributed by atoms with Gasteiger partial charge in [0.15, 0.2) is 0 Å². The van der Waals surface area contributed by atoms with E-state index in [9.17, 15) is 19.7 Å². The number of rotatable bonds is 8. The van der Waals surface area contributed by atoms with Gasteiger partial charge in [0.1, 0.15) is 18.3 Å². The summed E-state index contributed by atoms with van der Waals surface area (Å²) < 4.78 is 5.21. The molecule has 0 heterocycles. The number of hydrogen-bond donors (Lipinski definition) is 0. The van der Waals surface area contributed by atoms with E-state index in [2.05, 4.69) is 0 Å². The topological polar surface area (TPSA) is 86.5 Å². The molecule has 2 aromatic carbocycles. The Balaban J connectivity index is 1.91. The lowest BCUT2D eigenvalue weighted by molar-refractivity contribution is -0.384. The quantitative estimate of drug-likeness (QED) is 0.317. The number of carbonyl (C=O) groups is 2. The Morgan fingerprint density at radius 3 is 2.24 bits per heavy atom. The van der Waals surface area contributed by atoms with E-state index in [4.69, 9.17) is 4.74 Å². The normalized spacial score (nSPS) is 11.6. The van der Waals surface area contributed by atoms with Gasteiger partial charge in [0.05, 0.1) is 4.92 Å². The number of ketones is 1. The first-order valence-electron chi connectivity index (χ1n) is 7.91. The molecule has 0 aromatic heterocycles. The maximum Gasteiger partial charge on any atom is 0.316 e. The van der Waals surface area contributed by atoms with Gasteiger partial charge in [-0.1, -0.05) is 30.3 Å². The van der Waals surface area contributed by atoms with E-state index < -0.39 is 16.8 Å². The number of nitro groups is 1. The number of non-ortho nitro benzene ring substituents is 1. The summed E-state index contributed by atoms with van der Waals surface area (Å²) in [6.07, 6.45) is 0.996. The molecule has 1 unspecified atom stereocenters.